The number of aryl methyl sites for hydroxylation is 1. The van der Waals surface area contributed by atoms with Crippen LogP contribution in [0, 0.1) is 12.8 Å². The van der Waals surface area contributed by atoms with Gasteiger partial charge in [-0.25, -0.2) is 4.79 Å². The number of hydrogen-bond acceptors (Lipinski definition) is 2. The zero-order valence-corrected chi connectivity index (χ0v) is 12.4. The van der Waals surface area contributed by atoms with Gasteiger partial charge in [-0.2, -0.15) is 0 Å². The summed E-state index contributed by atoms with van der Waals surface area (Å²) in [6.45, 7) is 5.37. The highest BCUT2D eigenvalue weighted by Crippen LogP contribution is 2.17. The molecule has 1 aromatic rings. The molecule has 0 spiro atoms. The Balaban J connectivity index is 2.72. The highest BCUT2D eigenvalue weighted by atomic mass is 35.5. The van der Waals surface area contributed by atoms with Gasteiger partial charge in [0.2, 0.25) is 5.91 Å². The van der Waals surface area contributed by atoms with E-state index in [2.05, 4.69) is 5.32 Å². The van der Waals surface area contributed by atoms with E-state index in [-0.39, 0.29) is 5.92 Å². The van der Waals surface area contributed by atoms with Crippen molar-refractivity contribution in [2.24, 2.45) is 5.92 Å². The van der Waals surface area contributed by atoms with Crippen LogP contribution in [0.5, 0.6) is 0 Å². The molecular formula is C15H18ClNO3. The molecule has 1 rings (SSSR count). The van der Waals surface area contributed by atoms with E-state index >= 15 is 0 Å². The summed E-state index contributed by atoms with van der Waals surface area (Å²) in [5.41, 5.74) is 1.74. The van der Waals surface area contributed by atoms with E-state index in [1.807, 2.05) is 19.1 Å². The molecule has 20 heavy (non-hydrogen) atoms. The van der Waals surface area contributed by atoms with Gasteiger partial charge in [-0.05, 0) is 36.1 Å². The third-order valence-corrected chi connectivity index (χ3v) is 3.26. The standard InChI is InChI=1S/C15H18ClNO3/c1-9(2)14(15(19)20)17-13(18)7-6-11-5-4-10(3)12(16)8-11/h4-9,14H,1-3H3,(H,17,18)(H,19,20)/b7-6+. The van der Waals surface area contributed by atoms with Crippen LogP contribution in [0.1, 0.15) is 25.0 Å². The second kappa shape index (κ2) is 7.10. The fraction of sp³-hybridized carbons (Fsp3) is 0.333. The van der Waals surface area contributed by atoms with Crippen molar-refractivity contribution in [2.45, 2.75) is 26.8 Å². The maximum atomic E-state index is 11.7. The molecule has 0 fully saturated rings. The van der Waals surface area contributed by atoms with Crippen LogP contribution in [-0.4, -0.2) is 23.0 Å². The van der Waals surface area contributed by atoms with E-state index in [1.165, 1.54) is 6.08 Å². The van der Waals surface area contributed by atoms with Crippen LogP contribution in [0.25, 0.3) is 6.08 Å². The third-order valence-electron chi connectivity index (χ3n) is 2.85. The van der Waals surface area contributed by atoms with Gasteiger partial charge >= 0.3 is 5.97 Å². The quantitative estimate of drug-likeness (QED) is 0.821. The Kier molecular flexibility index (Phi) is 5.77. The molecule has 0 aliphatic rings. The summed E-state index contributed by atoms with van der Waals surface area (Å²) in [7, 11) is 0. The summed E-state index contributed by atoms with van der Waals surface area (Å²) in [6, 6.07) is 4.54. The average molecular weight is 296 g/mol. The average Bonchev–Trinajstić information content (AvgIpc) is 2.36. The van der Waals surface area contributed by atoms with Gasteiger partial charge < -0.3 is 10.4 Å². The van der Waals surface area contributed by atoms with Gasteiger partial charge in [-0.15, -0.1) is 0 Å². The molecule has 0 aliphatic heterocycles. The summed E-state index contributed by atoms with van der Waals surface area (Å²) < 4.78 is 0. The zero-order chi connectivity index (χ0) is 15.3. The number of amides is 1. The summed E-state index contributed by atoms with van der Waals surface area (Å²) in [4.78, 5) is 22.7. The SMILES string of the molecule is Cc1ccc(/C=C/C(=O)NC(C(=O)O)C(C)C)cc1Cl. The lowest BCUT2D eigenvalue weighted by Gasteiger charge is -2.16. The first kappa shape index (κ1) is 16.2. The van der Waals surface area contributed by atoms with Crippen LogP contribution in [0.3, 0.4) is 0 Å². The predicted octanol–water partition coefficient (Wildman–Crippen LogP) is 2.89. The molecular weight excluding hydrogens is 278 g/mol. The Morgan fingerprint density at radius 1 is 1.35 bits per heavy atom. The molecule has 0 heterocycles. The van der Waals surface area contributed by atoms with E-state index in [0.717, 1.165) is 11.1 Å². The minimum absolute atomic E-state index is 0.182. The molecule has 0 aromatic heterocycles. The number of rotatable bonds is 5. The number of nitrogens with one attached hydrogen (secondary N) is 1. The highest BCUT2D eigenvalue weighted by molar-refractivity contribution is 6.31. The molecule has 4 nitrogen and oxygen atoms in total. The van der Waals surface area contributed by atoms with Crippen LogP contribution in [-0.2, 0) is 9.59 Å². The smallest absolute Gasteiger partial charge is 0.326 e. The largest absolute Gasteiger partial charge is 0.480 e. The number of carboxylic acids is 1. The van der Waals surface area contributed by atoms with Crippen LogP contribution in [0.15, 0.2) is 24.3 Å². The van der Waals surface area contributed by atoms with Crippen molar-refractivity contribution in [3.8, 4) is 0 Å². The van der Waals surface area contributed by atoms with Crippen LogP contribution in [0.2, 0.25) is 5.02 Å². The number of aliphatic carboxylic acids is 1. The van der Waals surface area contributed by atoms with E-state index in [9.17, 15) is 9.59 Å². The first-order valence-corrected chi connectivity index (χ1v) is 6.66. The van der Waals surface area contributed by atoms with Crippen molar-refractivity contribution in [3.63, 3.8) is 0 Å². The first-order chi connectivity index (χ1) is 9.31. The van der Waals surface area contributed by atoms with Gasteiger partial charge in [0.05, 0.1) is 0 Å². The van der Waals surface area contributed by atoms with Crippen LogP contribution < -0.4 is 5.32 Å². The number of carbonyl (C=O) groups is 2. The summed E-state index contributed by atoms with van der Waals surface area (Å²) >= 11 is 5.98. The van der Waals surface area contributed by atoms with Crippen molar-refractivity contribution in [3.05, 3.63) is 40.4 Å². The lowest BCUT2D eigenvalue weighted by Crippen LogP contribution is -2.43. The minimum atomic E-state index is -1.04. The fourth-order valence-electron chi connectivity index (χ4n) is 1.60. The maximum Gasteiger partial charge on any atom is 0.326 e. The molecule has 1 aromatic carbocycles. The number of benzene rings is 1. The van der Waals surface area contributed by atoms with Gasteiger partial charge in [0, 0.05) is 11.1 Å². The van der Waals surface area contributed by atoms with Gasteiger partial charge in [0.25, 0.3) is 0 Å². The monoisotopic (exact) mass is 295 g/mol. The normalized spacial score (nSPS) is 12.7. The van der Waals surface area contributed by atoms with E-state index in [4.69, 9.17) is 16.7 Å². The maximum absolute atomic E-state index is 11.7. The number of carboxylic acid groups (broad SMARTS) is 1. The minimum Gasteiger partial charge on any atom is -0.480 e. The number of hydrogen-bond donors (Lipinski definition) is 2. The van der Waals surface area contributed by atoms with Crippen molar-refractivity contribution in [1.82, 2.24) is 5.32 Å². The summed E-state index contributed by atoms with van der Waals surface area (Å²) in [5, 5.41) is 12.1. The number of carbonyl (C=O) groups excluding carboxylic acids is 1. The highest BCUT2D eigenvalue weighted by Gasteiger charge is 2.22. The molecule has 2 N–H and O–H groups in total. The molecule has 108 valence electrons. The lowest BCUT2D eigenvalue weighted by molar-refractivity contribution is -0.142. The zero-order valence-electron chi connectivity index (χ0n) is 11.7. The Labute approximate surface area is 123 Å². The molecule has 0 saturated carbocycles. The molecule has 0 radical (unpaired) electrons. The molecule has 1 amide bonds. The second-order valence-electron chi connectivity index (χ2n) is 4.91. The summed E-state index contributed by atoms with van der Waals surface area (Å²) in [5.74, 6) is -1.67. The van der Waals surface area contributed by atoms with E-state index < -0.39 is 17.9 Å². The Morgan fingerprint density at radius 2 is 2.00 bits per heavy atom. The van der Waals surface area contributed by atoms with Gasteiger partial charge in [0.1, 0.15) is 6.04 Å². The van der Waals surface area contributed by atoms with Crippen molar-refractivity contribution in [1.29, 1.82) is 0 Å². The molecule has 1 atom stereocenters. The molecule has 5 heteroatoms. The van der Waals surface area contributed by atoms with Crippen LogP contribution in [0.4, 0.5) is 0 Å². The molecule has 1 unspecified atom stereocenters. The Morgan fingerprint density at radius 3 is 2.50 bits per heavy atom. The van der Waals surface area contributed by atoms with Crippen molar-refractivity contribution >= 4 is 29.6 Å². The second-order valence-corrected chi connectivity index (χ2v) is 5.32. The van der Waals surface area contributed by atoms with Crippen molar-refractivity contribution < 1.29 is 14.7 Å². The summed E-state index contributed by atoms with van der Waals surface area (Å²) in [6.07, 6.45) is 2.90. The van der Waals surface area contributed by atoms with E-state index in [0.29, 0.717) is 5.02 Å². The topological polar surface area (TPSA) is 66.4 Å². The predicted molar refractivity (Wildman–Crippen MR) is 79.6 cm³/mol. The van der Waals surface area contributed by atoms with Crippen LogP contribution >= 0.6 is 11.6 Å². The Bertz CT molecular complexity index is 538. The molecule has 0 aliphatic carbocycles. The Hall–Kier alpha value is -1.81. The van der Waals surface area contributed by atoms with Gasteiger partial charge in [-0.3, -0.25) is 4.79 Å². The molecule has 0 bridgehead atoms. The fourth-order valence-corrected chi connectivity index (χ4v) is 1.79. The van der Waals surface area contributed by atoms with Crippen molar-refractivity contribution in [2.75, 3.05) is 0 Å². The van der Waals surface area contributed by atoms with Gasteiger partial charge in [0.15, 0.2) is 0 Å². The molecule has 0 saturated heterocycles. The first-order valence-electron chi connectivity index (χ1n) is 6.28. The van der Waals surface area contributed by atoms with Gasteiger partial charge in [-0.1, -0.05) is 37.6 Å². The lowest BCUT2D eigenvalue weighted by atomic mass is 10.0. The number of halogens is 1. The van der Waals surface area contributed by atoms with E-state index in [1.54, 1.807) is 26.0 Å². The third kappa shape index (κ3) is 4.70.